The zero-order chi connectivity index (χ0) is 23.1. The highest BCUT2D eigenvalue weighted by Crippen LogP contribution is 2.44. The van der Waals surface area contributed by atoms with Crippen molar-refractivity contribution in [1.29, 1.82) is 0 Å². The van der Waals surface area contributed by atoms with E-state index in [1.54, 1.807) is 18.2 Å². The van der Waals surface area contributed by atoms with Gasteiger partial charge in [-0.1, -0.05) is 39.3 Å². The van der Waals surface area contributed by atoms with Gasteiger partial charge in [-0.15, -0.1) is 0 Å². The quantitative estimate of drug-likeness (QED) is 0.277. The van der Waals surface area contributed by atoms with Crippen LogP contribution in [0.5, 0.6) is 23.0 Å². The van der Waals surface area contributed by atoms with Gasteiger partial charge in [-0.2, -0.15) is 0 Å². The highest BCUT2D eigenvalue weighted by molar-refractivity contribution is 6.33. The van der Waals surface area contributed by atoms with Crippen LogP contribution in [0.25, 0.3) is 21.9 Å². The van der Waals surface area contributed by atoms with E-state index < -0.39 is 0 Å². The van der Waals surface area contributed by atoms with Gasteiger partial charge in [0.25, 0.3) is 0 Å². The van der Waals surface area contributed by atoms with Crippen molar-refractivity contribution in [2.24, 2.45) is 0 Å². The minimum absolute atomic E-state index is 0.213. The summed E-state index contributed by atoms with van der Waals surface area (Å²) in [7, 11) is 0. The molecule has 0 bridgehead atoms. The molecule has 0 saturated heterocycles. The molecule has 0 saturated carbocycles. The molecular weight excluding hydrogens is 432 g/mol. The minimum atomic E-state index is -0.213. The Morgan fingerprint density at radius 2 is 1.25 bits per heavy atom. The number of benzene rings is 2. The lowest BCUT2D eigenvalue weighted by atomic mass is 10.1. The summed E-state index contributed by atoms with van der Waals surface area (Å²) in [5, 5.41) is 1.04. The number of halogens is 1. The molecule has 174 valence electrons. The topological polar surface area (TPSA) is 67.1 Å². The van der Waals surface area contributed by atoms with Crippen LogP contribution in [0.15, 0.2) is 27.4 Å². The van der Waals surface area contributed by atoms with Gasteiger partial charge in [-0.3, -0.25) is 4.79 Å². The zero-order valence-electron chi connectivity index (χ0n) is 19.2. The molecule has 1 heterocycles. The van der Waals surface area contributed by atoms with E-state index in [2.05, 4.69) is 0 Å². The lowest BCUT2D eigenvalue weighted by Gasteiger charge is -2.17. The summed E-state index contributed by atoms with van der Waals surface area (Å²) < 4.78 is 30.0. The predicted molar refractivity (Wildman–Crippen MR) is 128 cm³/mol. The molecule has 0 amide bonds. The van der Waals surface area contributed by atoms with Crippen LogP contribution in [0.3, 0.4) is 0 Å². The Kier molecular flexibility index (Phi) is 8.51. The summed E-state index contributed by atoms with van der Waals surface area (Å²) >= 11 is 6.50. The Bertz CT molecular complexity index is 1120. The average Bonchev–Trinajstić information content (AvgIpc) is 2.80. The summed E-state index contributed by atoms with van der Waals surface area (Å²) in [6, 6.07) is 5.03. The third-order valence-corrected chi connectivity index (χ3v) is 5.01. The van der Waals surface area contributed by atoms with E-state index in [0.29, 0.717) is 76.4 Å². The Morgan fingerprint density at radius 3 is 1.88 bits per heavy atom. The lowest BCUT2D eigenvalue weighted by molar-refractivity contribution is 0.265. The molecule has 0 aliphatic carbocycles. The number of ether oxygens (including phenoxy) is 4. The summed E-state index contributed by atoms with van der Waals surface area (Å²) in [5.41, 5.74) is 0.407. The predicted octanol–water partition coefficient (Wildman–Crippen LogP) is 6.75. The fraction of sp³-hybridized carbons (Fsp3) is 0.480. The first-order valence-corrected chi connectivity index (χ1v) is 11.7. The Morgan fingerprint density at radius 1 is 0.719 bits per heavy atom. The van der Waals surface area contributed by atoms with Crippen molar-refractivity contribution in [1.82, 2.24) is 0 Å². The fourth-order valence-corrected chi connectivity index (χ4v) is 3.52. The maximum Gasteiger partial charge on any atom is 0.206 e. The first-order valence-electron chi connectivity index (χ1n) is 11.3. The SMILES string of the molecule is CCCOc1ccc2c(=O)c3cc(Cl)c(OCCC)c(OCCC)c3oc2c1OCCC. The summed E-state index contributed by atoms with van der Waals surface area (Å²) in [5.74, 6) is 1.68. The van der Waals surface area contributed by atoms with Gasteiger partial charge in [-0.25, -0.2) is 0 Å². The second kappa shape index (κ2) is 11.3. The van der Waals surface area contributed by atoms with Gasteiger partial charge in [0.1, 0.15) is 0 Å². The first kappa shape index (κ1) is 24.1. The summed E-state index contributed by atoms with van der Waals surface area (Å²) in [6.07, 6.45) is 3.23. The van der Waals surface area contributed by atoms with Crippen LogP contribution in [-0.4, -0.2) is 26.4 Å². The van der Waals surface area contributed by atoms with Crippen LogP contribution in [-0.2, 0) is 0 Å². The van der Waals surface area contributed by atoms with E-state index in [0.717, 1.165) is 25.7 Å². The molecule has 0 unspecified atom stereocenters. The van der Waals surface area contributed by atoms with Gasteiger partial charge in [0.05, 0.1) is 42.2 Å². The van der Waals surface area contributed by atoms with Crippen LogP contribution >= 0.6 is 11.6 Å². The van der Waals surface area contributed by atoms with Crippen molar-refractivity contribution in [3.05, 3.63) is 33.4 Å². The molecule has 0 fully saturated rings. The van der Waals surface area contributed by atoms with Crippen molar-refractivity contribution < 1.29 is 23.4 Å². The van der Waals surface area contributed by atoms with Crippen LogP contribution < -0.4 is 24.4 Å². The molecular formula is C25H31ClO6. The van der Waals surface area contributed by atoms with Crippen LogP contribution in [0, 0.1) is 0 Å². The highest BCUT2D eigenvalue weighted by Gasteiger charge is 2.23. The van der Waals surface area contributed by atoms with Gasteiger partial charge in [0.15, 0.2) is 22.7 Å². The molecule has 0 aliphatic rings. The van der Waals surface area contributed by atoms with E-state index in [1.807, 2.05) is 27.7 Å². The van der Waals surface area contributed by atoms with Crippen molar-refractivity contribution in [2.75, 3.05) is 26.4 Å². The molecule has 2 aromatic carbocycles. The van der Waals surface area contributed by atoms with Crippen molar-refractivity contribution >= 4 is 33.5 Å². The maximum atomic E-state index is 13.4. The molecule has 3 aromatic rings. The van der Waals surface area contributed by atoms with Gasteiger partial charge in [-0.05, 0) is 43.9 Å². The monoisotopic (exact) mass is 462 g/mol. The zero-order valence-corrected chi connectivity index (χ0v) is 20.0. The Hall–Kier alpha value is -2.60. The second-order valence-corrected chi connectivity index (χ2v) is 7.90. The van der Waals surface area contributed by atoms with Crippen molar-refractivity contribution in [3.63, 3.8) is 0 Å². The third kappa shape index (κ3) is 4.90. The molecule has 0 aliphatic heterocycles. The summed E-state index contributed by atoms with van der Waals surface area (Å²) in [6.45, 7) is 9.93. The van der Waals surface area contributed by atoms with Crippen molar-refractivity contribution in [2.45, 2.75) is 53.4 Å². The molecule has 0 radical (unpaired) electrons. The van der Waals surface area contributed by atoms with Gasteiger partial charge >= 0.3 is 0 Å². The standard InChI is InChI=1S/C25H31ClO6/c1-5-11-28-19-10-9-16-20(27)17-15-18(26)23(29-12-6-2)25(31-14-8-4)22(17)32-21(16)24(19)30-13-7-3/h9-10,15H,5-8,11-14H2,1-4H3. The normalized spacial score (nSPS) is 11.2. The van der Waals surface area contributed by atoms with Gasteiger partial charge < -0.3 is 23.4 Å². The van der Waals surface area contributed by atoms with E-state index >= 15 is 0 Å². The number of hydrogen-bond acceptors (Lipinski definition) is 6. The maximum absolute atomic E-state index is 13.4. The fourth-order valence-electron chi connectivity index (χ4n) is 3.27. The highest BCUT2D eigenvalue weighted by atomic mass is 35.5. The lowest BCUT2D eigenvalue weighted by Crippen LogP contribution is -2.09. The molecule has 0 spiro atoms. The molecule has 0 N–H and O–H groups in total. The van der Waals surface area contributed by atoms with E-state index in [1.165, 1.54) is 0 Å². The van der Waals surface area contributed by atoms with Crippen molar-refractivity contribution in [3.8, 4) is 23.0 Å². The van der Waals surface area contributed by atoms with Gasteiger partial charge in [0, 0.05) is 0 Å². The molecule has 32 heavy (non-hydrogen) atoms. The van der Waals surface area contributed by atoms with E-state index in [9.17, 15) is 4.79 Å². The molecule has 1 aromatic heterocycles. The largest absolute Gasteiger partial charge is 0.490 e. The number of hydrogen-bond donors (Lipinski definition) is 0. The summed E-state index contributed by atoms with van der Waals surface area (Å²) in [4.78, 5) is 13.4. The van der Waals surface area contributed by atoms with Crippen LogP contribution in [0.1, 0.15) is 53.4 Å². The van der Waals surface area contributed by atoms with Crippen LogP contribution in [0.4, 0.5) is 0 Å². The molecule has 7 heteroatoms. The Balaban J connectivity index is 2.34. The van der Waals surface area contributed by atoms with Crippen LogP contribution in [0.2, 0.25) is 5.02 Å². The molecule has 0 atom stereocenters. The third-order valence-electron chi connectivity index (χ3n) is 4.73. The second-order valence-electron chi connectivity index (χ2n) is 7.49. The first-order chi connectivity index (χ1) is 15.6. The Labute approximate surface area is 193 Å². The van der Waals surface area contributed by atoms with E-state index in [4.69, 9.17) is 35.0 Å². The minimum Gasteiger partial charge on any atom is -0.490 e. The smallest absolute Gasteiger partial charge is 0.206 e. The molecule has 6 nitrogen and oxygen atoms in total. The number of rotatable bonds is 12. The number of fused-ring (bicyclic) bond motifs is 2. The van der Waals surface area contributed by atoms with Gasteiger partial charge in [0.2, 0.25) is 16.9 Å². The molecule has 3 rings (SSSR count). The average molecular weight is 463 g/mol. The van der Waals surface area contributed by atoms with E-state index in [-0.39, 0.29) is 5.43 Å².